The van der Waals surface area contributed by atoms with Crippen molar-refractivity contribution in [2.24, 2.45) is 0 Å². The van der Waals surface area contributed by atoms with Crippen molar-refractivity contribution in [3.8, 4) is 0 Å². The smallest absolute Gasteiger partial charge is 0.357 e. The van der Waals surface area contributed by atoms with E-state index in [1.165, 1.54) is 12.1 Å². The van der Waals surface area contributed by atoms with Crippen molar-refractivity contribution < 1.29 is 18.0 Å². The van der Waals surface area contributed by atoms with Crippen molar-refractivity contribution in [3.63, 3.8) is 0 Å². The summed E-state index contributed by atoms with van der Waals surface area (Å²) in [5.74, 6) is 1.01. The van der Waals surface area contributed by atoms with Gasteiger partial charge in [0.2, 0.25) is 11.9 Å². The summed E-state index contributed by atoms with van der Waals surface area (Å²) >= 11 is 0. The summed E-state index contributed by atoms with van der Waals surface area (Å²) in [5, 5.41) is 5.92. The number of aryl methyl sites for hydroxylation is 1. The van der Waals surface area contributed by atoms with Gasteiger partial charge in [-0.05, 0) is 62.7 Å². The monoisotopic (exact) mass is 457 g/mol. The molecule has 0 aliphatic carbocycles. The van der Waals surface area contributed by atoms with Crippen molar-refractivity contribution in [1.29, 1.82) is 0 Å². The summed E-state index contributed by atoms with van der Waals surface area (Å²) in [6.45, 7) is 7.73. The lowest BCUT2D eigenvalue weighted by molar-refractivity contribution is -0.137. The second-order valence-electron chi connectivity index (χ2n) is 7.49. The van der Waals surface area contributed by atoms with Crippen LogP contribution in [0.4, 0.5) is 36.3 Å². The predicted octanol–water partition coefficient (Wildman–Crippen LogP) is 5.57. The molecule has 1 aromatic heterocycles. The predicted molar refractivity (Wildman–Crippen MR) is 124 cm³/mol. The third-order valence-electron chi connectivity index (χ3n) is 5.00. The van der Waals surface area contributed by atoms with E-state index in [1.807, 2.05) is 13.0 Å². The number of benzene rings is 2. The Kier molecular flexibility index (Phi) is 7.52. The van der Waals surface area contributed by atoms with Gasteiger partial charge in [0.25, 0.3) is 0 Å². The number of carbonyl (C=O) groups is 1. The largest absolute Gasteiger partial charge is 0.416 e. The van der Waals surface area contributed by atoms with E-state index in [0.29, 0.717) is 17.2 Å². The molecule has 0 aliphatic rings. The van der Waals surface area contributed by atoms with Gasteiger partial charge in [0.1, 0.15) is 5.82 Å². The molecule has 0 unspecified atom stereocenters. The minimum absolute atomic E-state index is 0.0244. The number of hydrogen-bond donors (Lipinski definition) is 2. The average Bonchev–Trinajstić information content (AvgIpc) is 2.75. The van der Waals surface area contributed by atoms with Crippen LogP contribution in [-0.4, -0.2) is 29.0 Å². The molecule has 174 valence electrons. The minimum atomic E-state index is -4.40. The van der Waals surface area contributed by atoms with Gasteiger partial charge in [-0.15, -0.1) is 0 Å². The zero-order valence-electron chi connectivity index (χ0n) is 18.7. The molecule has 3 rings (SSSR count). The fraction of sp³-hybridized carbons (Fsp3) is 0.292. The van der Waals surface area contributed by atoms with E-state index in [0.717, 1.165) is 42.4 Å². The van der Waals surface area contributed by atoms with Gasteiger partial charge in [0, 0.05) is 36.2 Å². The highest BCUT2D eigenvalue weighted by molar-refractivity contribution is 5.92. The summed E-state index contributed by atoms with van der Waals surface area (Å²) in [7, 11) is 0. The van der Waals surface area contributed by atoms with Gasteiger partial charge < -0.3 is 15.5 Å². The Labute approximate surface area is 190 Å². The van der Waals surface area contributed by atoms with Crippen LogP contribution in [-0.2, 0) is 17.4 Å². The minimum Gasteiger partial charge on any atom is -0.357 e. The van der Waals surface area contributed by atoms with Crippen LogP contribution in [0.25, 0.3) is 0 Å². The maximum absolute atomic E-state index is 12.7. The molecule has 2 N–H and O–H groups in total. The maximum Gasteiger partial charge on any atom is 0.416 e. The van der Waals surface area contributed by atoms with E-state index in [-0.39, 0.29) is 12.3 Å². The quantitative estimate of drug-likeness (QED) is 0.463. The number of nitrogens with one attached hydrogen (secondary N) is 2. The Hall–Kier alpha value is -3.62. The van der Waals surface area contributed by atoms with Gasteiger partial charge in [-0.25, -0.2) is 4.98 Å². The molecule has 0 fully saturated rings. The van der Waals surface area contributed by atoms with E-state index >= 15 is 0 Å². The Morgan fingerprint density at radius 1 is 0.939 bits per heavy atom. The van der Waals surface area contributed by atoms with Gasteiger partial charge in [0.05, 0.1) is 12.0 Å². The van der Waals surface area contributed by atoms with Gasteiger partial charge in [-0.2, -0.15) is 18.2 Å². The summed E-state index contributed by atoms with van der Waals surface area (Å²) in [6.07, 6.45) is -4.42. The van der Waals surface area contributed by atoms with Gasteiger partial charge >= 0.3 is 6.18 Å². The number of alkyl halides is 3. The fourth-order valence-electron chi connectivity index (χ4n) is 3.29. The Morgan fingerprint density at radius 2 is 1.55 bits per heavy atom. The van der Waals surface area contributed by atoms with E-state index in [4.69, 9.17) is 0 Å². The molecule has 0 bridgehead atoms. The molecule has 9 heteroatoms. The van der Waals surface area contributed by atoms with Crippen molar-refractivity contribution in [2.75, 3.05) is 28.6 Å². The van der Waals surface area contributed by atoms with E-state index < -0.39 is 11.7 Å². The van der Waals surface area contributed by atoms with Gasteiger partial charge in [0.15, 0.2) is 0 Å². The molecule has 2 aromatic carbocycles. The number of halogens is 3. The first-order chi connectivity index (χ1) is 15.7. The Morgan fingerprint density at radius 3 is 2.12 bits per heavy atom. The van der Waals surface area contributed by atoms with Crippen LogP contribution in [0.2, 0.25) is 0 Å². The van der Waals surface area contributed by atoms with Crippen LogP contribution in [0, 0.1) is 6.92 Å². The lowest BCUT2D eigenvalue weighted by Gasteiger charge is -2.20. The first-order valence-electron chi connectivity index (χ1n) is 10.6. The van der Waals surface area contributed by atoms with Crippen LogP contribution < -0.4 is 15.5 Å². The summed E-state index contributed by atoms with van der Waals surface area (Å²) in [4.78, 5) is 23.4. The molecule has 0 aliphatic heterocycles. The molecule has 0 spiro atoms. The molecule has 1 amide bonds. The summed E-state index contributed by atoms with van der Waals surface area (Å²) in [5.41, 5.74) is 1.94. The molecule has 0 saturated heterocycles. The van der Waals surface area contributed by atoms with E-state index in [1.54, 1.807) is 24.3 Å². The topological polar surface area (TPSA) is 70.2 Å². The molecule has 33 heavy (non-hydrogen) atoms. The first kappa shape index (κ1) is 24.0. The second-order valence-corrected chi connectivity index (χ2v) is 7.49. The van der Waals surface area contributed by atoms with Crippen LogP contribution in [0.5, 0.6) is 0 Å². The van der Waals surface area contributed by atoms with Gasteiger partial charge in [-0.1, -0.05) is 12.1 Å². The van der Waals surface area contributed by atoms with Gasteiger partial charge in [-0.3, -0.25) is 4.79 Å². The summed E-state index contributed by atoms with van der Waals surface area (Å²) in [6, 6.07) is 13.5. The highest BCUT2D eigenvalue weighted by atomic mass is 19.4. The number of rotatable bonds is 8. The number of amides is 1. The van der Waals surface area contributed by atoms with Crippen LogP contribution >= 0.6 is 0 Å². The number of anilines is 4. The summed E-state index contributed by atoms with van der Waals surface area (Å²) < 4.78 is 38.0. The lowest BCUT2D eigenvalue weighted by Crippen LogP contribution is -2.23. The van der Waals surface area contributed by atoms with E-state index in [2.05, 4.69) is 39.3 Å². The second kappa shape index (κ2) is 10.3. The molecule has 1 heterocycles. The highest BCUT2D eigenvalue weighted by Gasteiger charge is 2.29. The van der Waals surface area contributed by atoms with Crippen molar-refractivity contribution in [3.05, 3.63) is 71.4 Å². The zero-order chi connectivity index (χ0) is 24.0. The highest BCUT2D eigenvalue weighted by Crippen LogP contribution is 2.29. The number of carbonyl (C=O) groups excluding carboxylic acids is 1. The van der Waals surface area contributed by atoms with E-state index in [9.17, 15) is 18.0 Å². The van der Waals surface area contributed by atoms with Crippen LogP contribution in [0.15, 0.2) is 54.6 Å². The van der Waals surface area contributed by atoms with Crippen molar-refractivity contribution in [1.82, 2.24) is 9.97 Å². The molecule has 3 aromatic rings. The Balaban J connectivity index is 1.61. The number of aromatic nitrogens is 2. The molecule has 0 atom stereocenters. The maximum atomic E-state index is 12.7. The number of nitrogens with zero attached hydrogens (tertiary/aromatic N) is 3. The van der Waals surface area contributed by atoms with Crippen LogP contribution in [0.3, 0.4) is 0 Å². The number of hydrogen-bond acceptors (Lipinski definition) is 5. The zero-order valence-corrected chi connectivity index (χ0v) is 18.7. The third kappa shape index (κ3) is 6.68. The molecule has 0 saturated carbocycles. The molecule has 0 radical (unpaired) electrons. The SMILES string of the molecule is CCN(CC)c1cc(C)nc(Nc2ccc(NC(=O)Cc3ccc(C(F)(F)F)cc3)cc2)n1. The lowest BCUT2D eigenvalue weighted by atomic mass is 10.1. The standard InChI is InChI=1S/C24H26F3N5O/c1-4-32(5-2)21-14-16(3)28-23(31-21)30-20-12-10-19(11-13-20)29-22(33)15-17-6-8-18(9-7-17)24(25,26)27/h6-14H,4-5,15H2,1-3H3,(H,29,33)(H,28,30,31). The molecular formula is C24H26F3N5O. The normalized spacial score (nSPS) is 11.2. The average molecular weight is 458 g/mol. The van der Waals surface area contributed by atoms with Crippen molar-refractivity contribution >= 4 is 29.0 Å². The first-order valence-corrected chi connectivity index (χ1v) is 10.6. The fourth-order valence-corrected chi connectivity index (χ4v) is 3.29. The van der Waals surface area contributed by atoms with Crippen LogP contribution in [0.1, 0.15) is 30.7 Å². The van der Waals surface area contributed by atoms with Crippen molar-refractivity contribution in [2.45, 2.75) is 33.4 Å². The Bertz CT molecular complexity index is 1080. The molecular weight excluding hydrogens is 431 g/mol. The third-order valence-corrected chi connectivity index (χ3v) is 5.00. The molecule has 6 nitrogen and oxygen atoms in total.